The average Bonchev–Trinajstić information content (AvgIpc) is 2.56. The number of rotatable bonds is 3. The molecule has 0 aromatic heterocycles. The number of halogens is 1. The van der Waals surface area contributed by atoms with E-state index >= 15 is 4.39 Å². The first-order chi connectivity index (χ1) is 10.6. The lowest BCUT2D eigenvalue weighted by atomic mass is 9.83. The predicted octanol–water partition coefficient (Wildman–Crippen LogP) is 4.49. The van der Waals surface area contributed by atoms with Crippen LogP contribution < -0.4 is 0 Å². The topological polar surface area (TPSA) is 37.3 Å². The van der Waals surface area contributed by atoms with Gasteiger partial charge in [0.15, 0.2) is 5.67 Å². The van der Waals surface area contributed by atoms with Crippen LogP contribution in [-0.2, 0) is 10.5 Å². The van der Waals surface area contributed by atoms with E-state index in [1.807, 2.05) is 42.5 Å². The van der Waals surface area contributed by atoms with Crippen molar-refractivity contribution in [2.24, 2.45) is 0 Å². The summed E-state index contributed by atoms with van der Waals surface area (Å²) in [6.07, 6.45) is 4.14. The van der Waals surface area contributed by atoms with E-state index in [1.165, 1.54) is 18.2 Å². The molecule has 0 radical (unpaired) electrons. The molecule has 1 atom stereocenters. The highest BCUT2D eigenvalue weighted by atomic mass is 19.1. The molecule has 110 valence electrons. The Balaban J connectivity index is 2.04. The van der Waals surface area contributed by atoms with Gasteiger partial charge in [0.25, 0.3) is 0 Å². The molecule has 3 rings (SSSR count). The molecule has 0 heterocycles. The normalized spacial score (nSPS) is 20.5. The number of hydrogen-bond donors (Lipinski definition) is 1. The van der Waals surface area contributed by atoms with Gasteiger partial charge in [0.05, 0.1) is 5.57 Å². The van der Waals surface area contributed by atoms with E-state index in [-0.39, 0.29) is 12.0 Å². The van der Waals surface area contributed by atoms with Gasteiger partial charge in [-0.15, -0.1) is 0 Å². The summed E-state index contributed by atoms with van der Waals surface area (Å²) in [6.45, 7) is 0. The molecule has 0 saturated carbocycles. The van der Waals surface area contributed by atoms with E-state index in [1.54, 1.807) is 12.1 Å². The van der Waals surface area contributed by atoms with E-state index in [0.29, 0.717) is 5.56 Å². The van der Waals surface area contributed by atoms with Gasteiger partial charge in [0, 0.05) is 12.0 Å². The Hall–Kier alpha value is -2.68. The Bertz CT molecular complexity index is 762. The number of alkyl halides is 1. The van der Waals surface area contributed by atoms with Crippen molar-refractivity contribution >= 4 is 5.97 Å². The molecule has 0 saturated heterocycles. The number of carboxylic acid groups (broad SMARTS) is 1. The van der Waals surface area contributed by atoms with Crippen molar-refractivity contribution in [1.29, 1.82) is 0 Å². The third-order valence-electron chi connectivity index (χ3n) is 3.85. The van der Waals surface area contributed by atoms with Crippen LogP contribution in [0, 0.1) is 0 Å². The zero-order valence-electron chi connectivity index (χ0n) is 11.9. The Morgan fingerprint density at radius 2 is 1.73 bits per heavy atom. The molecular formula is C19H15FO2. The van der Waals surface area contributed by atoms with Crippen LogP contribution in [0.2, 0.25) is 0 Å². The van der Waals surface area contributed by atoms with Crippen molar-refractivity contribution in [2.45, 2.75) is 12.1 Å². The second-order valence-corrected chi connectivity index (χ2v) is 5.28. The third-order valence-corrected chi connectivity index (χ3v) is 3.85. The highest BCUT2D eigenvalue weighted by Gasteiger charge is 2.33. The molecule has 1 N–H and O–H groups in total. The van der Waals surface area contributed by atoms with Crippen LogP contribution in [0.1, 0.15) is 12.0 Å². The number of allylic oxidation sites excluding steroid dienone is 2. The van der Waals surface area contributed by atoms with Crippen LogP contribution >= 0.6 is 0 Å². The maximum absolute atomic E-state index is 15.4. The van der Waals surface area contributed by atoms with Gasteiger partial charge in [-0.3, -0.25) is 0 Å². The molecule has 0 spiro atoms. The summed E-state index contributed by atoms with van der Waals surface area (Å²) in [6, 6.07) is 16.9. The number of benzene rings is 2. The molecule has 0 bridgehead atoms. The second kappa shape index (κ2) is 5.60. The van der Waals surface area contributed by atoms with Gasteiger partial charge in [-0.1, -0.05) is 60.7 Å². The van der Waals surface area contributed by atoms with Crippen molar-refractivity contribution in [3.63, 3.8) is 0 Å². The molecule has 0 aliphatic heterocycles. The number of hydrogen-bond acceptors (Lipinski definition) is 1. The molecule has 22 heavy (non-hydrogen) atoms. The molecule has 2 aromatic carbocycles. The minimum atomic E-state index is -1.69. The van der Waals surface area contributed by atoms with Gasteiger partial charge in [0.2, 0.25) is 0 Å². The van der Waals surface area contributed by atoms with Gasteiger partial charge in [-0.2, -0.15) is 0 Å². The fraction of sp³-hybridized carbons (Fsp3) is 0.105. The first-order valence-electron chi connectivity index (χ1n) is 7.07. The fourth-order valence-electron chi connectivity index (χ4n) is 2.69. The first kappa shape index (κ1) is 14.3. The maximum atomic E-state index is 15.4. The lowest BCUT2D eigenvalue weighted by molar-refractivity contribution is -0.132. The summed E-state index contributed by atoms with van der Waals surface area (Å²) < 4.78 is 15.4. The highest BCUT2D eigenvalue weighted by molar-refractivity contribution is 5.90. The van der Waals surface area contributed by atoms with Gasteiger partial charge in [-0.25, -0.2) is 9.18 Å². The lowest BCUT2D eigenvalue weighted by Crippen LogP contribution is -2.20. The van der Waals surface area contributed by atoms with E-state index in [0.717, 1.165) is 11.1 Å². The number of carbonyl (C=O) groups is 1. The van der Waals surface area contributed by atoms with Gasteiger partial charge >= 0.3 is 5.97 Å². The monoisotopic (exact) mass is 294 g/mol. The van der Waals surface area contributed by atoms with Crippen molar-refractivity contribution < 1.29 is 14.3 Å². The molecule has 3 heteroatoms. The lowest BCUT2D eigenvalue weighted by Gasteiger charge is -2.26. The minimum Gasteiger partial charge on any atom is -0.478 e. The molecule has 1 aliphatic carbocycles. The molecular weight excluding hydrogens is 279 g/mol. The van der Waals surface area contributed by atoms with Crippen molar-refractivity contribution in [2.75, 3.05) is 0 Å². The number of carboxylic acids is 1. The van der Waals surface area contributed by atoms with Crippen molar-refractivity contribution in [1.82, 2.24) is 0 Å². The third kappa shape index (κ3) is 2.58. The molecule has 0 fully saturated rings. The second-order valence-electron chi connectivity index (χ2n) is 5.28. The summed E-state index contributed by atoms with van der Waals surface area (Å²) in [7, 11) is 0. The summed E-state index contributed by atoms with van der Waals surface area (Å²) in [5, 5.41) is 8.97. The SMILES string of the molecule is O=C(O)C1=CCC(F)(c2ccccc2-c2ccccc2)C=C1. The van der Waals surface area contributed by atoms with Crippen LogP contribution in [0.15, 0.2) is 78.4 Å². The fourth-order valence-corrected chi connectivity index (χ4v) is 2.69. The predicted molar refractivity (Wildman–Crippen MR) is 84.1 cm³/mol. The first-order valence-corrected chi connectivity index (χ1v) is 7.07. The van der Waals surface area contributed by atoms with E-state index in [2.05, 4.69) is 0 Å². The average molecular weight is 294 g/mol. The summed E-state index contributed by atoms with van der Waals surface area (Å²) in [5.41, 5.74) is 0.758. The molecule has 1 aliphatic rings. The Labute approximate surface area is 128 Å². The van der Waals surface area contributed by atoms with Crippen LogP contribution in [-0.4, -0.2) is 11.1 Å². The largest absolute Gasteiger partial charge is 0.478 e. The Morgan fingerprint density at radius 3 is 2.36 bits per heavy atom. The molecule has 0 amide bonds. The standard InChI is InChI=1S/C19H15FO2/c20-19(12-10-15(11-13-19)18(21)22)17-9-5-4-8-16(17)14-6-2-1-3-7-14/h1-12H,13H2,(H,21,22). The summed E-state index contributed by atoms with van der Waals surface area (Å²) in [4.78, 5) is 10.9. The summed E-state index contributed by atoms with van der Waals surface area (Å²) >= 11 is 0. The van der Waals surface area contributed by atoms with Crippen molar-refractivity contribution in [3.05, 3.63) is 84.0 Å². The van der Waals surface area contributed by atoms with E-state index in [4.69, 9.17) is 5.11 Å². The highest BCUT2D eigenvalue weighted by Crippen LogP contribution is 2.40. The van der Waals surface area contributed by atoms with Crippen molar-refractivity contribution in [3.8, 4) is 11.1 Å². The molecule has 1 unspecified atom stereocenters. The van der Waals surface area contributed by atoms with Crippen LogP contribution in [0.4, 0.5) is 4.39 Å². The Kier molecular flexibility index (Phi) is 3.63. The zero-order valence-corrected chi connectivity index (χ0v) is 11.9. The quantitative estimate of drug-likeness (QED) is 0.905. The maximum Gasteiger partial charge on any atom is 0.335 e. The van der Waals surface area contributed by atoms with Crippen LogP contribution in [0.5, 0.6) is 0 Å². The molecule has 2 aromatic rings. The Morgan fingerprint density at radius 1 is 1.05 bits per heavy atom. The van der Waals surface area contributed by atoms with E-state index < -0.39 is 11.6 Å². The number of aliphatic carboxylic acids is 1. The van der Waals surface area contributed by atoms with Gasteiger partial charge in [-0.05, 0) is 23.3 Å². The smallest absolute Gasteiger partial charge is 0.335 e. The summed E-state index contributed by atoms with van der Waals surface area (Å²) in [5.74, 6) is -1.03. The van der Waals surface area contributed by atoms with Crippen LogP contribution in [0.3, 0.4) is 0 Å². The van der Waals surface area contributed by atoms with Gasteiger partial charge < -0.3 is 5.11 Å². The minimum absolute atomic E-state index is 0.0228. The molecule has 2 nitrogen and oxygen atoms in total. The van der Waals surface area contributed by atoms with Gasteiger partial charge in [0.1, 0.15) is 0 Å². The van der Waals surface area contributed by atoms with Crippen LogP contribution in [0.25, 0.3) is 11.1 Å². The van der Waals surface area contributed by atoms with E-state index in [9.17, 15) is 4.79 Å². The zero-order chi connectivity index (χ0) is 15.6.